The minimum absolute atomic E-state index is 0.262. The van der Waals surface area contributed by atoms with Crippen molar-refractivity contribution in [2.75, 3.05) is 12.5 Å². The molecule has 88 valence electrons. The summed E-state index contributed by atoms with van der Waals surface area (Å²) in [5, 5.41) is 0. The van der Waals surface area contributed by atoms with E-state index in [1.165, 1.54) is 0 Å². The van der Waals surface area contributed by atoms with Crippen molar-refractivity contribution in [2.45, 2.75) is 0 Å². The van der Waals surface area contributed by atoms with E-state index < -0.39 is 0 Å². The van der Waals surface area contributed by atoms with E-state index in [1.807, 2.05) is 48.9 Å². The van der Waals surface area contributed by atoms with Crippen LogP contribution in [0.15, 0.2) is 46.2 Å². The van der Waals surface area contributed by atoms with Gasteiger partial charge in [0.25, 0.3) is 0 Å². The van der Waals surface area contributed by atoms with E-state index in [2.05, 4.69) is 0 Å². The molecule has 2 nitrogen and oxygen atoms in total. The highest BCUT2D eigenvalue weighted by molar-refractivity contribution is 8.21. The van der Waals surface area contributed by atoms with Crippen molar-refractivity contribution in [3.8, 4) is 0 Å². The highest BCUT2D eigenvalue weighted by atomic mass is 32.2. The number of thioether (sulfide) groups is 2. The average Bonchev–Trinajstić information content (AvgIpc) is 2.75. The van der Waals surface area contributed by atoms with Crippen LogP contribution in [-0.2, 0) is 9.53 Å². The normalized spacial score (nSPS) is 14.6. The van der Waals surface area contributed by atoms with Gasteiger partial charge in [-0.3, -0.25) is 0 Å². The lowest BCUT2D eigenvalue weighted by atomic mass is 10.2. The lowest BCUT2D eigenvalue weighted by Gasteiger charge is -2.01. The molecule has 17 heavy (non-hydrogen) atoms. The van der Waals surface area contributed by atoms with Crippen LogP contribution in [0.5, 0.6) is 0 Å². The van der Waals surface area contributed by atoms with Gasteiger partial charge >= 0.3 is 5.97 Å². The Hall–Kier alpha value is -1.13. The number of benzene rings is 1. The summed E-state index contributed by atoms with van der Waals surface area (Å²) in [5.41, 5.74) is 1.58. The first-order chi connectivity index (χ1) is 8.26. The largest absolute Gasteiger partial charge is 0.422 e. The van der Waals surface area contributed by atoms with Crippen molar-refractivity contribution < 1.29 is 9.53 Å². The number of ether oxygens (including phenoxy) is 1. The molecule has 0 bridgehead atoms. The van der Waals surface area contributed by atoms with E-state index >= 15 is 0 Å². The SMILES string of the molecule is CSC(SC)=C1C=C(c2ccccc2)OC1=O. The lowest BCUT2D eigenvalue weighted by molar-refractivity contribution is -0.130. The summed E-state index contributed by atoms with van der Waals surface area (Å²) in [6.07, 6.45) is 5.74. The predicted octanol–water partition coefficient (Wildman–Crippen LogP) is 3.52. The Morgan fingerprint density at radius 3 is 2.35 bits per heavy atom. The Kier molecular flexibility index (Phi) is 3.97. The highest BCUT2D eigenvalue weighted by Crippen LogP contribution is 2.35. The molecule has 0 spiro atoms. The van der Waals surface area contributed by atoms with Gasteiger partial charge in [-0.15, -0.1) is 23.5 Å². The zero-order chi connectivity index (χ0) is 12.3. The van der Waals surface area contributed by atoms with Gasteiger partial charge in [0.15, 0.2) is 0 Å². The summed E-state index contributed by atoms with van der Waals surface area (Å²) in [5.74, 6) is 0.369. The molecule has 0 radical (unpaired) electrons. The van der Waals surface area contributed by atoms with Crippen LogP contribution < -0.4 is 0 Å². The molecule has 4 heteroatoms. The molecule has 0 amide bonds. The molecular weight excluding hydrogens is 252 g/mol. The number of hydrogen-bond acceptors (Lipinski definition) is 4. The first kappa shape index (κ1) is 12.3. The second kappa shape index (κ2) is 5.47. The monoisotopic (exact) mass is 264 g/mol. The quantitative estimate of drug-likeness (QED) is 0.616. The molecular formula is C13H12O2S2. The predicted molar refractivity (Wildman–Crippen MR) is 74.6 cm³/mol. The van der Waals surface area contributed by atoms with Gasteiger partial charge in [0, 0.05) is 5.56 Å². The van der Waals surface area contributed by atoms with Gasteiger partial charge in [0.05, 0.1) is 9.81 Å². The summed E-state index contributed by atoms with van der Waals surface area (Å²) < 4.78 is 6.27. The van der Waals surface area contributed by atoms with E-state index in [9.17, 15) is 4.79 Å². The van der Waals surface area contributed by atoms with E-state index in [1.54, 1.807) is 23.5 Å². The number of cyclic esters (lactones) is 1. The minimum atomic E-state index is -0.262. The Morgan fingerprint density at radius 2 is 1.76 bits per heavy atom. The Labute approximate surface area is 109 Å². The van der Waals surface area contributed by atoms with Crippen LogP contribution in [0.2, 0.25) is 0 Å². The zero-order valence-electron chi connectivity index (χ0n) is 9.60. The Morgan fingerprint density at radius 1 is 1.12 bits per heavy atom. The molecule has 0 fully saturated rings. The van der Waals surface area contributed by atoms with Crippen LogP contribution in [0.3, 0.4) is 0 Å². The maximum absolute atomic E-state index is 11.8. The molecule has 0 N–H and O–H groups in total. The molecule has 0 aliphatic carbocycles. The third kappa shape index (κ3) is 2.58. The zero-order valence-corrected chi connectivity index (χ0v) is 11.2. The van der Waals surface area contributed by atoms with Gasteiger partial charge in [-0.2, -0.15) is 0 Å². The molecule has 2 rings (SSSR count). The first-order valence-electron chi connectivity index (χ1n) is 5.08. The third-order valence-electron chi connectivity index (χ3n) is 2.35. The standard InChI is InChI=1S/C13H12O2S2/c1-16-13(17-2)10-8-11(15-12(10)14)9-6-4-3-5-7-9/h3-8H,1-2H3. The third-order valence-corrected chi connectivity index (χ3v) is 4.53. The summed E-state index contributed by atoms with van der Waals surface area (Å²) in [6, 6.07) is 9.65. The van der Waals surface area contributed by atoms with Crippen LogP contribution in [0, 0.1) is 0 Å². The van der Waals surface area contributed by atoms with E-state index in [4.69, 9.17) is 4.74 Å². The fourth-order valence-electron chi connectivity index (χ4n) is 1.56. The van der Waals surface area contributed by atoms with Crippen molar-refractivity contribution in [1.29, 1.82) is 0 Å². The second-order valence-electron chi connectivity index (χ2n) is 3.37. The maximum atomic E-state index is 11.8. The van der Waals surface area contributed by atoms with Gasteiger partial charge in [0.2, 0.25) is 0 Å². The molecule has 0 saturated heterocycles. The molecule has 1 aliphatic rings. The van der Waals surface area contributed by atoms with Gasteiger partial charge < -0.3 is 4.74 Å². The summed E-state index contributed by atoms with van der Waals surface area (Å²) in [4.78, 5) is 11.8. The maximum Gasteiger partial charge on any atom is 0.345 e. The molecule has 1 aliphatic heterocycles. The number of rotatable bonds is 3. The van der Waals surface area contributed by atoms with Crippen molar-refractivity contribution >= 4 is 35.3 Å². The molecule has 1 aromatic rings. The van der Waals surface area contributed by atoms with Crippen molar-refractivity contribution in [1.82, 2.24) is 0 Å². The number of hydrogen-bond donors (Lipinski definition) is 0. The van der Waals surface area contributed by atoms with Crippen LogP contribution >= 0.6 is 23.5 Å². The first-order valence-corrected chi connectivity index (χ1v) is 7.52. The number of carbonyl (C=O) groups is 1. The molecule has 0 aromatic heterocycles. The fraction of sp³-hybridized carbons (Fsp3) is 0.154. The van der Waals surface area contributed by atoms with Crippen LogP contribution in [-0.4, -0.2) is 18.5 Å². The summed E-state index contributed by atoms with van der Waals surface area (Å²) >= 11 is 3.13. The number of carbonyl (C=O) groups excluding carboxylic acids is 1. The number of esters is 1. The van der Waals surface area contributed by atoms with Crippen LogP contribution in [0.4, 0.5) is 0 Å². The average molecular weight is 264 g/mol. The molecule has 0 saturated carbocycles. The molecule has 1 heterocycles. The second-order valence-corrected chi connectivity index (χ2v) is 5.26. The summed E-state index contributed by atoms with van der Waals surface area (Å²) in [7, 11) is 0. The van der Waals surface area contributed by atoms with Gasteiger partial charge in [-0.05, 0) is 18.6 Å². The van der Waals surface area contributed by atoms with E-state index in [0.29, 0.717) is 11.3 Å². The fourth-order valence-corrected chi connectivity index (χ4v) is 2.96. The Balaban J connectivity index is 2.39. The molecule has 0 unspecified atom stereocenters. The Bertz CT molecular complexity index is 483. The van der Waals surface area contributed by atoms with Gasteiger partial charge in [-0.25, -0.2) is 4.79 Å². The topological polar surface area (TPSA) is 26.3 Å². The van der Waals surface area contributed by atoms with Crippen molar-refractivity contribution in [2.24, 2.45) is 0 Å². The minimum Gasteiger partial charge on any atom is -0.422 e. The van der Waals surface area contributed by atoms with E-state index in [0.717, 1.165) is 9.80 Å². The van der Waals surface area contributed by atoms with Gasteiger partial charge in [-0.1, -0.05) is 30.3 Å². The smallest absolute Gasteiger partial charge is 0.345 e. The molecule has 1 aromatic carbocycles. The van der Waals surface area contributed by atoms with Crippen molar-refractivity contribution in [3.63, 3.8) is 0 Å². The lowest BCUT2D eigenvalue weighted by Crippen LogP contribution is -1.98. The summed E-state index contributed by atoms with van der Waals surface area (Å²) in [6.45, 7) is 0. The van der Waals surface area contributed by atoms with E-state index in [-0.39, 0.29) is 5.97 Å². The van der Waals surface area contributed by atoms with Crippen LogP contribution in [0.1, 0.15) is 5.56 Å². The van der Waals surface area contributed by atoms with Gasteiger partial charge in [0.1, 0.15) is 5.76 Å². The highest BCUT2D eigenvalue weighted by Gasteiger charge is 2.24. The van der Waals surface area contributed by atoms with Crippen LogP contribution in [0.25, 0.3) is 5.76 Å². The molecule has 0 atom stereocenters. The van der Waals surface area contributed by atoms with Crippen molar-refractivity contribution in [3.05, 3.63) is 51.8 Å².